The van der Waals surface area contributed by atoms with E-state index in [0.29, 0.717) is 4.90 Å². The summed E-state index contributed by atoms with van der Waals surface area (Å²) in [4.78, 5) is 25.1. The number of nitrogens with zero attached hydrogens (tertiary/aromatic N) is 1. The Kier molecular flexibility index (Phi) is 3.32. The molecule has 1 heterocycles. The van der Waals surface area contributed by atoms with E-state index in [1.54, 1.807) is 12.1 Å². The molecule has 0 spiro atoms. The number of hydrogen-bond acceptors (Lipinski definition) is 3. The Morgan fingerprint density at radius 2 is 1.50 bits per heavy atom. The minimum atomic E-state index is -3.22. The number of amides is 2. The van der Waals surface area contributed by atoms with Gasteiger partial charge in [0.2, 0.25) is 0 Å². The van der Waals surface area contributed by atoms with Crippen LogP contribution in [0.25, 0.3) is 0 Å². The molecular weight excluding hydrogens is 299 g/mol. The van der Waals surface area contributed by atoms with Crippen LogP contribution in [0.5, 0.6) is 5.75 Å². The van der Waals surface area contributed by atoms with Crippen LogP contribution in [-0.4, -0.2) is 18.4 Å². The molecule has 2 amide bonds. The molecule has 1 aliphatic heterocycles. The molecular formula is C15H8F3NO3. The van der Waals surface area contributed by atoms with Crippen molar-refractivity contribution in [3.8, 4) is 5.75 Å². The smallest absolute Gasteiger partial charge is 0.387 e. The minimum absolute atomic E-state index is 0.132. The number of benzene rings is 2. The molecule has 0 unspecified atom stereocenters. The van der Waals surface area contributed by atoms with E-state index in [1.165, 1.54) is 18.2 Å². The van der Waals surface area contributed by atoms with Crippen molar-refractivity contribution in [3.05, 3.63) is 59.4 Å². The van der Waals surface area contributed by atoms with Crippen molar-refractivity contribution >= 4 is 17.5 Å². The van der Waals surface area contributed by atoms with E-state index in [-0.39, 0.29) is 11.1 Å². The third kappa shape index (κ3) is 2.11. The molecule has 0 N–H and O–H groups in total. The fraction of sp³-hybridized carbons (Fsp3) is 0.0667. The predicted octanol–water partition coefficient (Wildman–Crippen LogP) is 3.23. The number of carbonyl (C=O) groups excluding carboxylic acids is 2. The number of carbonyl (C=O) groups is 2. The zero-order valence-corrected chi connectivity index (χ0v) is 10.9. The SMILES string of the molecule is O=C1c2ccccc2C(=O)N1c1cccc(OC(F)F)c1F. The molecule has 2 aromatic rings. The number of hydrogen-bond donors (Lipinski definition) is 0. The predicted molar refractivity (Wildman–Crippen MR) is 70.6 cm³/mol. The van der Waals surface area contributed by atoms with Gasteiger partial charge in [0.15, 0.2) is 11.6 Å². The van der Waals surface area contributed by atoms with Crippen LogP contribution in [0.15, 0.2) is 42.5 Å². The van der Waals surface area contributed by atoms with Crippen molar-refractivity contribution in [2.24, 2.45) is 0 Å². The zero-order chi connectivity index (χ0) is 15.9. The van der Waals surface area contributed by atoms with Gasteiger partial charge in [-0.3, -0.25) is 9.59 Å². The van der Waals surface area contributed by atoms with E-state index in [9.17, 15) is 22.8 Å². The van der Waals surface area contributed by atoms with E-state index in [4.69, 9.17) is 0 Å². The number of alkyl halides is 2. The van der Waals surface area contributed by atoms with Crippen molar-refractivity contribution in [1.82, 2.24) is 0 Å². The Hall–Kier alpha value is -2.83. The molecule has 7 heteroatoms. The highest BCUT2D eigenvalue weighted by Crippen LogP contribution is 2.34. The molecule has 3 rings (SSSR count). The van der Waals surface area contributed by atoms with Gasteiger partial charge in [-0.2, -0.15) is 8.78 Å². The maximum absolute atomic E-state index is 14.3. The van der Waals surface area contributed by atoms with Crippen LogP contribution in [0.3, 0.4) is 0 Å². The Bertz CT molecular complexity index is 741. The zero-order valence-electron chi connectivity index (χ0n) is 10.9. The van der Waals surface area contributed by atoms with E-state index < -0.39 is 35.7 Å². The number of halogens is 3. The van der Waals surface area contributed by atoms with E-state index in [0.717, 1.165) is 12.1 Å². The summed E-state index contributed by atoms with van der Waals surface area (Å²) in [7, 11) is 0. The first-order chi connectivity index (χ1) is 10.5. The number of ether oxygens (including phenoxy) is 1. The second-order valence-corrected chi connectivity index (χ2v) is 4.46. The quantitative estimate of drug-likeness (QED) is 0.818. The Morgan fingerprint density at radius 1 is 0.909 bits per heavy atom. The highest BCUT2D eigenvalue weighted by atomic mass is 19.3. The average Bonchev–Trinajstić information content (AvgIpc) is 2.74. The lowest BCUT2D eigenvalue weighted by Gasteiger charge is -2.16. The topological polar surface area (TPSA) is 46.6 Å². The van der Waals surface area contributed by atoms with Crippen LogP contribution in [0.4, 0.5) is 18.9 Å². The molecule has 0 saturated carbocycles. The molecule has 0 aromatic heterocycles. The molecule has 4 nitrogen and oxygen atoms in total. The second kappa shape index (κ2) is 5.18. The van der Waals surface area contributed by atoms with Gasteiger partial charge in [-0.05, 0) is 24.3 Å². The van der Waals surface area contributed by atoms with Crippen molar-refractivity contribution in [2.45, 2.75) is 6.61 Å². The van der Waals surface area contributed by atoms with Crippen LogP contribution in [0, 0.1) is 5.82 Å². The van der Waals surface area contributed by atoms with Gasteiger partial charge in [0.25, 0.3) is 11.8 Å². The highest BCUT2D eigenvalue weighted by molar-refractivity contribution is 6.34. The van der Waals surface area contributed by atoms with Gasteiger partial charge in [0.1, 0.15) is 0 Å². The van der Waals surface area contributed by atoms with E-state index in [2.05, 4.69) is 4.74 Å². The Labute approximate surface area is 122 Å². The summed E-state index contributed by atoms with van der Waals surface area (Å²) in [5.74, 6) is -3.36. The molecule has 112 valence electrons. The van der Waals surface area contributed by atoms with E-state index >= 15 is 0 Å². The monoisotopic (exact) mass is 307 g/mol. The maximum atomic E-state index is 14.3. The van der Waals surface area contributed by atoms with Crippen molar-refractivity contribution in [2.75, 3.05) is 4.90 Å². The Morgan fingerprint density at radius 3 is 2.05 bits per heavy atom. The second-order valence-electron chi connectivity index (χ2n) is 4.46. The lowest BCUT2D eigenvalue weighted by atomic mass is 10.1. The standard InChI is InChI=1S/C15H8F3NO3/c16-12-10(6-3-7-11(12)22-15(17)18)19-13(20)8-4-1-2-5-9(8)14(19)21/h1-7,15H. The number of fused-ring (bicyclic) bond motifs is 1. The molecule has 0 bridgehead atoms. The Balaban J connectivity index is 2.07. The third-order valence-electron chi connectivity index (χ3n) is 3.19. The molecule has 22 heavy (non-hydrogen) atoms. The summed E-state index contributed by atoms with van der Waals surface area (Å²) < 4.78 is 42.8. The van der Waals surface area contributed by atoms with Gasteiger partial charge in [-0.25, -0.2) is 9.29 Å². The van der Waals surface area contributed by atoms with Gasteiger partial charge in [0.05, 0.1) is 16.8 Å². The maximum Gasteiger partial charge on any atom is 0.387 e. The van der Waals surface area contributed by atoms with Crippen LogP contribution in [0.1, 0.15) is 20.7 Å². The van der Waals surface area contributed by atoms with Crippen molar-refractivity contribution in [3.63, 3.8) is 0 Å². The lowest BCUT2D eigenvalue weighted by molar-refractivity contribution is -0.0521. The lowest BCUT2D eigenvalue weighted by Crippen LogP contribution is -2.30. The summed E-state index contributed by atoms with van der Waals surface area (Å²) in [6.45, 7) is -3.22. The van der Waals surface area contributed by atoms with Crippen molar-refractivity contribution < 1.29 is 27.5 Å². The first kappa shape index (κ1) is 14.1. The average molecular weight is 307 g/mol. The van der Waals surface area contributed by atoms with Gasteiger partial charge in [-0.1, -0.05) is 18.2 Å². The number of imide groups is 1. The normalized spacial score (nSPS) is 13.7. The van der Waals surface area contributed by atoms with E-state index in [1.807, 2.05) is 0 Å². The van der Waals surface area contributed by atoms with Crippen LogP contribution in [0.2, 0.25) is 0 Å². The molecule has 1 aliphatic rings. The molecule has 0 aliphatic carbocycles. The van der Waals surface area contributed by atoms with Crippen LogP contribution < -0.4 is 9.64 Å². The molecule has 0 fully saturated rings. The number of rotatable bonds is 3. The number of anilines is 1. The molecule has 0 atom stereocenters. The first-order valence-corrected chi connectivity index (χ1v) is 6.22. The summed E-state index contributed by atoms with van der Waals surface area (Å²) in [6.07, 6.45) is 0. The fourth-order valence-corrected chi connectivity index (χ4v) is 2.27. The van der Waals surface area contributed by atoms with Gasteiger partial charge in [-0.15, -0.1) is 0 Å². The first-order valence-electron chi connectivity index (χ1n) is 6.22. The largest absolute Gasteiger partial charge is 0.432 e. The summed E-state index contributed by atoms with van der Waals surface area (Å²) in [5.41, 5.74) is -0.163. The summed E-state index contributed by atoms with van der Waals surface area (Å²) >= 11 is 0. The highest BCUT2D eigenvalue weighted by Gasteiger charge is 2.38. The molecule has 2 aromatic carbocycles. The summed E-state index contributed by atoms with van der Waals surface area (Å²) in [5, 5.41) is 0. The van der Waals surface area contributed by atoms with Crippen LogP contribution >= 0.6 is 0 Å². The third-order valence-corrected chi connectivity index (χ3v) is 3.19. The van der Waals surface area contributed by atoms with Gasteiger partial charge < -0.3 is 4.74 Å². The molecule has 0 saturated heterocycles. The van der Waals surface area contributed by atoms with Gasteiger partial charge in [0, 0.05) is 0 Å². The van der Waals surface area contributed by atoms with Crippen LogP contribution in [-0.2, 0) is 0 Å². The molecule has 0 radical (unpaired) electrons. The fourth-order valence-electron chi connectivity index (χ4n) is 2.27. The minimum Gasteiger partial charge on any atom is -0.432 e. The van der Waals surface area contributed by atoms with Gasteiger partial charge >= 0.3 is 6.61 Å². The van der Waals surface area contributed by atoms with Crippen molar-refractivity contribution in [1.29, 1.82) is 0 Å². The summed E-state index contributed by atoms with van der Waals surface area (Å²) in [6, 6.07) is 9.37.